The number of phenols is 1. The van der Waals surface area contributed by atoms with Gasteiger partial charge in [0.2, 0.25) is 0 Å². The molecule has 0 aliphatic carbocycles. The fourth-order valence-corrected chi connectivity index (χ4v) is 4.16. The molecule has 0 radical (unpaired) electrons. The van der Waals surface area contributed by atoms with Gasteiger partial charge in [0.25, 0.3) is 5.91 Å². The van der Waals surface area contributed by atoms with Crippen LogP contribution in [0.5, 0.6) is 11.5 Å². The van der Waals surface area contributed by atoms with Gasteiger partial charge >= 0.3 is 0 Å². The molecule has 2 N–H and O–H groups in total. The van der Waals surface area contributed by atoms with Gasteiger partial charge in [-0.2, -0.15) is 0 Å². The maximum Gasteiger partial charge on any atom is 0.265 e. The first-order valence-corrected chi connectivity index (χ1v) is 13.2. The minimum atomic E-state index is -0.577. The lowest BCUT2D eigenvalue weighted by Gasteiger charge is -2.23. The molecule has 188 valence electrons. The van der Waals surface area contributed by atoms with E-state index in [-0.39, 0.29) is 17.1 Å². The Hall–Kier alpha value is -2.49. The number of anilines is 1. The van der Waals surface area contributed by atoms with Crippen molar-refractivity contribution < 1.29 is 14.6 Å². The number of hydrogen-bond donors (Lipinski definition) is 2. The van der Waals surface area contributed by atoms with Crippen LogP contribution in [0.15, 0.2) is 48.5 Å². The number of carbonyl (C=O) groups excluding carboxylic acids is 1. The SMILES string of the molecule is CCCCCCCCCCCCC(Oc1ccc(O)c(C(C)(C)C)c1)C(=O)Nc1ccccc1. The van der Waals surface area contributed by atoms with Crippen molar-refractivity contribution in [3.05, 3.63) is 54.1 Å². The van der Waals surface area contributed by atoms with Crippen LogP contribution >= 0.6 is 0 Å². The predicted molar refractivity (Wildman–Crippen MR) is 143 cm³/mol. The summed E-state index contributed by atoms with van der Waals surface area (Å²) in [6.07, 6.45) is 12.6. The fraction of sp³-hybridized carbons (Fsp3) is 0.567. The molecule has 1 amide bonds. The largest absolute Gasteiger partial charge is 0.508 e. The number of aromatic hydroxyl groups is 1. The summed E-state index contributed by atoms with van der Waals surface area (Å²) < 4.78 is 6.20. The smallest absolute Gasteiger partial charge is 0.265 e. The van der Waals surface area contributed by atoms with E-state index >= 15 is 0 Å². The monoisotopic (exact) mass is 467 g/mol. The average molecular weight is 468 g/mol. The van der Waals surface area contributed by atoms with Crippen LogP contribution in [0, 0.1) is 0 Å². The molecule has 0 spiro atoms. The molecule has 0 aromatic heterocycles. The van der Waals surface area contributed by atoms with Gasteiger partial charge in [-0.05, 0) is 48.6 Å². The van der Waals surface area contributed by atoms with Crippen molar-refractivity contribution in [2.45, 2.75) is 110 Å². The molecule has 2 aromatic carbocycles. The zero-order valence-corrected chi connectivity index (χ0v) is 21.7. The van der Waals surface area contributed by atoms with Gasteiger partial charge in [0.1, 0.15) is 11.5 Å². The Kier molecular flexibility index (Phi) is 12.0. The quantitative estimate of drug-likeness (QED) is 0.259. The average Bonchev–Trinajstić information content (AvgIpc) is 2.80. The summed E-state index contributed by atoms with van der Waals surface area (Å²) in [5.41, 5.74) is 1.36. The molecule has 4 heteroatoms. The molecular formula is C30H45NO3. The van der Waals surface area contributed by atoms with Crippen molar-refractivity contribution in [1.82, 2.24) is 0 Å². The molecule has 1 unspecified atom stereocenters. The predicted octanol–water partition coefficient (Wildman–Crippen LogP) is 8.39. The van der Waals surface area contributed by atoms with E-state index in [1.54, 1.807) is 12.1 Å². The number of phenolic OH excluding ortho intramolecular Hbond substituents is 1. The van der Waals surface area contributed by atoms with Crippen molar-refractivity contribution in [2.75, 3.05) is 5.32 Å². The number of benzene rings is 2. The maximum absolute atomic E-state index is 13.1. The van der Waals surface area contributed by atoms with Gasteiger partial charge in [-0.3, -0.25) is 4.79 Å². The Bertz CT molecular complexity index is 842. The van der Waals surface area contributed by atoms with Crippen molar-refractivity contribution in [1.29, 1.82) is 0 Å². The van der Waals surface area contributed by atoms with Crippen molar-refractivity contribution >= 4 is 11.6 Å². The molecule has 1 atom stereocenters. The molecule has 2 rings (SSSR count). The van der Waals surface area contributed by atoms with Gasteiger partial charge in [-0.25, -0.2) is 0 Å². The minimum Gasteiger partial charge on any atom is -0.508 e. The molecule has 0 saturated heterocycles. The van der Waals surface area contributed by atoms with Crippen molar-refractivity contribution in [3.8, 4) is 11.5 Å². The highest BCUT2D eigenvalue weighted by Crippen LogP contribution is 2.34. The molecule has 0 saturated carbocycles. The van der Waals surface area contributed by atoms with Crippen LogP contribution in [0.25, 0.3) is 0 Å². The Morgan fingerprint density at radius 1 is 0.882 bits per heavy atom. The summed E-state index contributed by atoms with van der Waals surface area (Å²) in [5.74, 6) is 0.732. The summed E-state index contributed by atoms with van der Waals surface area (Å²) in [6, 6.07) is 14.8. The number of unbranched alkanes of at least 4 members (excludes halogenated alkanes) is 9. The van der Waals surface area contributed by atoms with Crippen LogP contribution in [0.2, 0.25) is 0 Å². The third-order valence-corrected chi connectivity index (χ3v) is 6.21. The molecule has 34 heavy (non-hydrogen) atoms. The van der Waals surface area contributed by atoms with E-state index in [0.29, 0.717) is 12.2 Å². The zero-order chi connectivity index (χ0) is 24.8. The van der Waals surface area contributed by atoms with Crippen LogP contribution in [0.4, 0.5) is 5.69 Å². The van der Waals surface area contributed by atoms with Crippen LogP contribution in [-0.2, 0) is 10.2 Å². The maximum atomic E-state index is 13.1. The highest BCUT2D eigenvalue weighted by atomic mass is 16.5. The van der Waals surface area contributed by atoms with E-state index in [0.717, 1.165) is 24.1 Å². The molecule has 0 aliphatic heterocycles. The molecule has 4 nitrogen and oxygen atoms in total. The Morgan fingerprint density at radius 3 is 2.06 bits per heavy atom. The molecule has 0 bridgehead atoms. The Labute approximate surface area is 207 Å². The lowest BCUT2D eigenvalue weighted by atomic mass is 9.86. The number of para-hydroxylation sites is 1. The molecule has 2 aromatic rings. The van der Waals surface area contributed by atoms with Crippen LogP contribution < -0.4 is 10.1 Å². The van der Waals surface area contributed by atoms with Gasteiger partial charge in [0, 0.05) is 11.3 Å². The number of nitrogens with one attached hydrogen (secondary N) is 1. The Balaban J connectivity index is 1.93. The van der Waals surface area contributed by atoms with E-state index < -0.39 is 6.10 Å². The molecule has 0 heterocycles. The fourth-order valence-electron chi connectivity index (χ4n) is 4.16. The number of hydrogen-bond acceptors (Lipinski definition) is 3. The van der Waals surface area contributed by atoms with Gasteiger partial charge in [0.15, 0.2) is 6.10 Å². The number of rotatable bonds is 15. The standard InChI is InChI=1S/C30H45NO3/c1-5-6-7-8-9-10-11-12-13-17-20-28(29(33)31-24-18-15-14-16-19-24)34-25-21-22-27(32)26(23-25)30(2,3)4/h14-16,18-19,21-23,28,32H,5-13,17,20H2,1-4H3,(H,31,33). The van der Waals surface area contributed by atoms with E-state index in [1.165, 1.54) is 51.4 Å². The number of carbonyl (C=O) groups is 1. The van der Waals surface area contributed by atoms with Crippen LogP contribution in [0.1, 0.15) is 104 Å². The summed E-state index contributed by atoms with van der Waals surface area (Å²) in [6.45, 7) is 8.40. The number of ether oxygens (including phenoxy) is 1. The molecular weight excluding hydrogens is 422 g/mol. The second-order valence-corrected chi connectivity index (χ2v) is 10.4. The van der Waals surface area contributed by atoms with Crippen molar-refractivity contribution in [2.24, 2.45) is 0 Å². The minimum absolute atomic E-state index is 0.132. The van der Waals surface area contributed by atoms with Crippen LogP contribution in [-0.4, -0.2) is 17.1 Å². The summed E-state index contributed by atoms with van der Waals surface area (Å²) in [7, 11) is 0. The normalized spacial score (nSPS) is 12.4. The topological polar surface area (TPSA) is 58.6 Å². The molecule has 0 aliphatic rings. The lowest BCUT2D eigenvalue weighted by molar-refractivity contribution is -0.123. The van der Waals surface area contributed by atoms with Crippen molar-refractivity contribution in [3.63, 3.8) is 0 Å². The third-order valence-electron chi connectivity index (χ3n) is 6.21. The summed E-state index contributed by atoms with van der Waals surface area (Å²) >= 11 is 0. The van der Waals surface area contributed by atoms with Gasteiger partial charge in [0.05, 0.1) is 0 Å². The van der Waals surface area contributed by atoms with Gasteiger partial charge in [-0.15, -0.1) is 0 Å². The second-order valence-electron chi connectivity index (χ2n) is 10.4. The van der Waals surface area contributed by atoms with E-state index in [1.807, 2.05) is 36.4 Å². The van der Waals surface area contributed by atoms with Crippen LogP contribution in [0.3, 0.4) is 0 Å². The molecule has 0 fully saturated rings. The first-order chi connectivity index (χ1) is 16.3. The first kappa shape index (κ1) is 27.8. The van der Waals surface area contributed by atoms with E-state index in [9.17, 15) is 9.90 Å². The highest BCUT2D eigenvalue weighted by molar-refractivity contribution is 5.94. The van der Waals surface area contributed by atoms with E-state index in [2.05, 4.69) is 33.0 Å². The van der Waals surface area contributed by atoms with E-state index in [4.69, 9.17) is 4.74 Å². The Morgan fingerprint density at radius 2 is 1.47 bits per heavy atom. The first-order valence-electron chi connectivity index (χ1n) is 13.2. The second kappa shape index (κ2) is 14.7. The van der Waals surface area contributed by atoms with Gasteiger partial charge in [-0.1, -0.05) is 104 Å². The summed E-state index contributed by atoms with van der Waals surface area (Å²) in [4.78, 5) is 13.1. The highest BCUT2D eigenvalue weighted by Gasteiger charge is 2.23. The third kappa shape index (κ3) is 10.2. The number of amides is 1. The van der Waals surface area contributed by atoms with Gasteiger partial charge < -0.3 is 15.2 Å². The lowest BCUT2D eigenvalue weighted by Crippen LogP contribution is -2.33. The summed E-state index contributed by atoms with van der Waals surface area (Å²) in [5, 5.41) is 13.3. The zero-order valence-electron chi connectivity index (χ0n) is 21.7.